The maximum Gasteiger partial charge on any atom is 0.306 e. The minimum absolute atomic E-state index is 0.0783. The summed E-state index contributed by atoms with van der Waals surface area (Å²) in [6.07, 6.45) is 49.8. The second kappa shape index (κ2) is 44.3. The van der Waals surface area contributed by atoms with Crippen LogP contribution in [0.3, 0.4) is 0 Å². The smallest absolute Gasteiger partial charge is 0.306 e. The molecule has 0 fully saturated rings. The Hall–Kier alpha value is -2.37. The topological polar surface area (TPSA) is 78.9 Å². The fourth-order valence-corrected chi connectivity index (χ4v) is 6.52. The summed E-state index contributed by atoms with van der Waals surface area (Å²) in [5.41, 5.74) is 0. The third kappa shape index (κ3) is 42.6. The molecule has 0 radical (unpaired) electrons. The summed E-state index contributed by atoms with van der Waals surface area (Å²) in [6.45, 7) is 6.56. The lowest BCUT2D eigenvalue weighted by Crippen LogP contribution is -2.30. The first kappa shape index (κ1) is 52.6. The molecule has 0 N–H and O–H groups in total. The van der Waals surface area contributed by atoms with Gasteiger partial charge in [-0.25, -0.2) is 0 Å². The van der Waals surface area contributed by atoms with Gasteiger partial charge in [0.1, 0.15) is 13.2 Å². The first-order chi connectivity index (χ1) is 27.0. The van der Waals surface area contributed by atoms with Crippen molar-refractivity contribution in [3.05, 3.63) is 36.5 Å². The van der Waals surface area contributed by atoms with Crippen LogP contribution in [0.4, 0.5) is 0 Å². The molecule has 1 atom stereocenters. The van der Waals surface area contributed by atoms with E-state index < -0.39 is 6.10 Å². The maximum atomic E-state index is 12.7. The van der Waals surface area contributed by atoms with Crippen molar-refractivity contribution in [2.75, 3.05) is 13.2 Å². The third-order valence-electron chi connectivity index (χ3n) is 10.1. The van der Waals surface area contributed by atoms with E-state index in [0.717, 1.165) is 89.9 Å². The molecule has 0 aromatic rings. The van der Waals surface area contributed by atoms with Gasteiger partial charge in [-0.2, -0.15) is 0 Å². The lowest BCUT2D eigenvalue weighted by molar-refractivity contribution is -0.167. The van der Waals surface area contributed by atoms with Gasteiger partial charge < -0.3 is 14.2 Å². The number of esters is 3. The minimum Gasteiger partial charge on any atom is -0.462 e. The molecule has 0 aromatic heterocycles. The molecule has 6 heteroatoms. The molecule has 0 aliphatic carbocycles. The second-order valence-corrected chi connectivity index (χ2v) is 15.7. The van der Waals surface area contributed by atoms with E-state index in [4.69, 9.17) is 14.2 Å². The summed E-state index contributed by atoms with van der Waals surface area (Å²) in [7, 11) is 0. The standard InChI is InChI=1S/C49H88O6/c1-4-7-10-13-16-19-21-23-24-26-27-30-33-36-39-42-48(51)54-45-46(44-53-47(50)41-38-35-32-29-18-15-12-9-6-3)55-49(52)43-40-37-34-31-28-25-22-20-17-14-11-8-5-2/h16,19-20,22-24,46H,4-15,17-18,21,25-45H2,1-3H3/b19-16-,22-20-,24-23-. The van der Waals surface area contributed by atoms with Crippen LogP contribution < -0.4 is 0 Å². The molecule has 0 bridgehead atoms. The van der Waals surface area contributed by atoms with E-state index >= 15 is 0 Å². The van der Waals surface area contributed by atoms with Crippen molar-refractivity contribution in [1.82, 2.24) is 0 Å². The zero-order valence-electron chi connectivity index (χ0n) is 36.4. The molecular weight excluding hydrogens is 685 g/mol. The predicted molar refractivity (Wildman–Crippen MR) is 233 cm³/mol. The number of carbonyl (C=O) groups excluding carboxylic acids is 3. The van der Waals surface area contributed by atoms with Crippen molar-refractivity contribution in [3.8, 4) is 0 Å². The zero-order chi connectivity index (χ0) is 40.1. The molecule has 0 saturated heterocycles. The summed E-state index contributed by atoms with van der Waals surface area (Å²) in [6, 6.07) is 0. The average Bonchev–Trinajstić information content (AvgIpc) is 3.18. The fourth-order valence-electron chi connectivity index (χ4n) is 6.52. The van der Waals surface area contributed by atoms with Crippen molar-refractivity contribution in [2.45, 2.75) is 245 Å². The number of allylic oxidation sites excluding steroid dienone is 6. The van der Waals surface area contributed by atoms with Crippen LogP contribution in [0.5, 0.6) is 0 Å². The molecule has 0 heterocycles. The van der Waals surface area contributed by atoms with Gasteiger partial charge in [0.25, 0.3) is 0 Å². The van der Waals surface area contributed by atoms with Gasteiger partial charge >= 0.3 is 17.9 Å². The van der Waals surface area contributed by atoms with Crippen LogP contribution in [-0.4, -0.2) is 37.2 Å². The van der Waals surface area contributed by atoms with Gasteiger partial charge in [-0.3, -0.25) is 14.4 Å². The number of hydrogen-bond acceptors (Lipinski definition) is 6. The lowest BCUT2D eigenvalue weighted by atomic mass is 10.1. The van der Waals surface area contributed by atoms with E-state index in [2.05, 4.69) is 57.2 Å². The van der Waals surface area contributed by atoms with E-state index in [0.29, 0.717) is 19.3 Å². The monoisotopic (exact) mass is 773 g/mol. The van der Waals surface area contributed by atoms with E-state index in [1.807, 2.05) is 0 Å². The van der Waals surface area contributed by atoms with E-state index in [-0.39, 0.29) is 31.1 Å². The summed E-state index contributed by atoms with van der Waals surface area (Å²) < 4.78 is 16.7. The van der Waals surface area contributed by atoms with Crippen LogP contribution in [0, 0.1) is 0 Å². The Morgan fingerprint density at radius 3 is 1.07 bits per heavy atom. The van der Waals surface area contributed by atoms with Crippen molar-refractivity contribution in [3.63, 3.8) is 0 Å². The van der Waals surface area contributed by atoms with Crippen LogP contribution in [0.25, 0.3) is 0 Å². The lowest BCUT2D eigenvalue weighted by Gasteiger charge is -2.18. The van der Waals surface area contributed by atoms with Gasteiger partial charge in [-0.15, -0.1) is 0 Å². The van der Waals surface area contributed by atoms with Gasteiger partial charge in [0.15, 0.2) is 6.10 Å². The Morgan fingerprint density at radius 1 is 0.364 bits per heavy atom. The highest BCUT2D eigenvalue weighted by atomic mass is 16.6. The third-order valence-corrected chi connectivity index (χ3v) is 10.1. The second-order valence-electron chi connectivity index (χ2n) is 15.7. The highest BCUT2D eigenvalue weighted by molar-refractivity contribution is 5.71. The molecule has 55 heavy (non-hydrogen) atoms. The van der Waals surface area contributed by atoms with Crippen molar-refractivity contribution >= 4 is 17.9 Å². The van der Waals surface area contributed by atoms with Crippen molar-refractivity contribution < 1.29 is 28.6 Å². The van der Waals surface area contributed by atoms with E-state index in [1.54, 1.807) is 0 Å². The number of carbonyl (C=O) groups is 3. The molecule has 0 amide bonds. The Kier molecular flexibility index (Phi) is 42.4. The summed E-state index contributed by atoms with van der Waals surface area (Å²) in [4.78, 5) is 37.7. The van der Waals surface area contributed by atoms with Crippen LogP contribution in [0.1, 0.15) is 239 Å². The van der Waals surface area contributed by atoms with E-state index in [9.17, 15) is 14.4 Å². The molecule has 320 valence electrons. The Morgan fingerprint density at radius 2 is 0.655 bits per heavy atom. The zero-order valence-corrected chi connectivity index (χ0v) is 36.4. The van der Waals surface area contributed by atoms with Gasteiger partial charge in [-0.1, -0.05) is 179 Å². The van der Waals surface area contributed by atoms with Crippen LogP contribution in [0.15, 0.2) is 36.5 Å². The highest BCUT2D eigenvalue weighted by Gasteiger charge is 2.19. The first-order valence-corrected chi connectivity index (χ1v) is 23.5. The Balaban J connectivity index is 4.37. The van der Waals surface area contributed by atoms with Gasteiger partial charge in [0.2, 0.25) is 0 Å². The summed E-state index contributed by atoms with van der Waals surface area (Å²) in [5, 5.41) is 0. The summed E-state index contributed by atoms with van der Waals surface area (Å²) in [5.74, 6) is -0.901. The van der Waals surface area contributed by atoms with Gasteiger partial charge in [0, 0.05) is 19.3 Å². The van der Waals surface area contributed by atoms with E-state index in [1.165, 1.54) is 109 Å². The van der Waals surface area contributed by atoms with Gasteiger partial charge in [-0.05, 0) is 77.0 Å². The number of ether oxygens (including phenoxy) is 3. The molecule has 1 unspecified atom stereocenters. The normalized spacial score (nSPS) is 12.3. The molecule has 6 nitrogen and oxygen atoms in total. The number of unbranched alkanes of at least 4 members (excludes halogenated alkanes) is 25. The maximum absolute atomic E-state index is 12.7. The first-order valence-electron chi connectivity index (χ1n) is 23.5. The number of hydrogen-bond donors (Lipinski definition) is 0. The molecular formula is C49H88O6. The van der Waals surface area contributed by atoms with Gasteiger partial charge in [0.05, 0.1) is 0 Å². The molecule has 0 aliphatic rings. The fraction of sp³-hybridized carbons (Fsp3) is 0.816. The quantitative estimate of drug-likeness (QED) is 0.0266. The molecule has 0 saturated carbocycles. The summed E-state index contributed by atoms with van der Waals surface area (Å²) >= 11 is 0. The van der Waals surface area contributed by atoms with Crippen molar-refractivity contribution in [2.24, 2.45) is 0 Å². The number of rotatable bonds is 42. The Labute approximate surface area is 340 Å². The average molecular weight is 773 g/mol. The van der Waals surface area contributed by atoms with Crippen LogP contribution in [-0.2, 0) is 28.6 Å². The van der Waals surface area contributed by atoms with Crippen LogP contribution in [0.2, 0.25) is 0 Å². The van der Waals surface area contributed by atoms with Crippen molar-refractivity contribution in [1.29, 1.82) is 0 Å². The molecule has 0 rings (SSSR count). The van der Waals surface area contributed by atoms with Crippen LogP contribution >= 0.6 is 0 Å². The molecule has 0 aliphatic heterocycles. The minimum atomic E-state index is -0.776. The largest absolute Gasteiger partial charge is 0.462 e. The predicted octanol–water partition coefficient (Wildman–Crippen LogP) is 15.0. The molecule has 0 aromatic carbocycles. The molecule has 0 spiro atoms. The highest BCUT2D eigenvalue weighted by Crippen LogP contribution is 2.14. The SMILES string of the molecule is CCCCC/C=C\C/C=C\CCCCCCCC(=O)OCC(COC(=O)CCCCCCCCCCC)OC(=O)CCCCCCC/C=C\CCCCCC. The Bertz CT molecular complexity index is 938.